The highest BCUT2D eigenvalue weighted by Crippen LogP contribution is 2.35. The summed E-state index contributed by atoms with van der Waals surface area (Å²) in [5.41, 5.74) is -1.61. The maximum atomic E-state index is 11.9. The predicted molar refractivity (Wildman–Crippen MR) is 31.8 cm³/mol. The predicted octanol–water partition coefficient (Wildman–Crippen LogP) is 2.31. The van der Waals surface area contributed by atoms with Gasteiger partial charge in [0.25, 0.3) is 0 Å². The Hall–Kier alpha value is -0.880. The van der Waals surface area contributed by atoms with Crippen LogP contribution in [0.25, 0.3) is 0 Å². The Bertz CT molecular complexity index is 220. The molecule has 1 saturated heterocycles. The summed E-state index contributed by atoms with van der Waals surface area (Å²) in [4.78, 5) is 0.619. The number of halogens is 6. The molecule has 0 amide bonds. The minimum absolute atomic E-state index is 0.0292. The fraction of sp³-hybridized carbons (Fsp3) is 0.667. The second-order valence-corrected chi connectivity index (χ2v) is 2.56. The van der Waals surface area contributed by atoms with Crippen molar-refractivity contribution >= 4 is 0 Å². The lowest BCUT2D eigenvalue weighted by Crippen LogP contribution is -2.21. The monoisotopic (exact) mass is 205 g/mol. The lowest BCUT2D eigenvalue weighted by atomic mass is 10.4. The van der Waals surface area contributed by atoms with E-state index in [0.29, 0.717) is 4.90 Å². The van der Waals surface area contributed by atoms with E-state index in [2.05, 4.69) is 0 Å². The summed E-state index contributed by atoms with van der Waals surface area (Å²) in [6.07, 6.45) is -10.6. The van der Waals surface area contributed by atoms with Crippen molar-refractivity contribution in [3.63, 3.8) is 0 Å². The van der Waals surface area contributed by atoms with Gasteiger partial charge in [-0.25, -0.2) is 0 Å². The van der Waals surface area contributed by atoms with Crippen molar-refractivity contribution in [1.82, 2.24) is 4.90 Å². The fourth-order valence-electron chi connectivity index (χ4n) is 0.798. The van der Waals surface area contributed by atoms with Crippen LogP contribution in [0.2, 0.25) is 0 Å². The fourth-order valence-corrected chi connectivity index (χ4v) is 0.798. The summed E-state index contributed by atoms with van der Waals surface area (Å²) in [6, 6.07) is 0. The quantitative estimate of drug-likeness (QED) is 0.469. The number of nitrogens with zero attached hydrogens (tertiary/aromatic N) is 1. The van der Waals surface area contributed by atoms with Crippen LogP contribution in [-0.4, -0.2) is 30.3 Å². The highest BCUT2D eigenvalue weighted by Gasteiger charge is 2.44. The molecule has 1 rings (SSSR count). The SMILES string of the molecule is FC(F)(F)C=C(N1CC1)C(F)(F)F. The van der Waals surface area contributed by atoms with E-state index in [1.54, 1.807) is 0 Å². The molecule has 0 radical (unpaired) electrons. The van der Waals surface area contributed by atoms with Gasteiger partial charge in [0.2, 0.25) is 0 Å². The molecule has 0 saturated carbocycles. The van der Waals surface area contributed by atoms with Crippen molar-refractivity contribution in [2.45, 2.75) is 12.4 Å². The van der Waals surface area contributed by atoms with Crippen molar-refractivity contribution in [3.05, 3.63) is 11.8 Å². The average molecular weight is 205 g/mol. The molecule has 13 heavy (non-hydrogen) atoms. The summed E-state index contributed by atoms with van der Waals surface area (Å²) in [5, 5.41) is 0. The highest BCUT2D eigenvalue weighted by atomic mass is 19.4. The topological polar surface area (TPSA) is 3.01 Å². The van der Waals surface area contributed by atoms with Gasteiger partial charge in [0.1, 0.15) is 5.70 Å². The molecule has 0 spiro atoms. The lowest BCUT2D eigenvalue weighted by Gasteiger charge is -2.13. The Morgan fingerprint density at radius 2 is 1.46 bits per heavy atom. The van der Waals surface area contributed by atoms with Crippen LogP contribution in [0, 0.1) is 0 Å². The first kappa shape index (κ1) is 10.2. The average Bonchev–Trinajstić information content (AvgIpc) is 2.58. The largest absolute Gasteiger partial charge is 0.431 e. The molecule has 1 nitrogen and oxygen atoms in total. The molecule has 1 aliphatic heterocycles. The van der Waals surface area contributed by atoms with Gasteiger partial charge in [-0.2, -0.15) is 26.3 Å². The molecule has 0 bridgehead atoms. The number of allylic oxidation sites excluding steroid dienone is 2. The lowest BCUT2D eigenvalue weighted by molar-refractivity contribution is -0.117. The van der Waals surface area contributed by atoms with E-state index in [9.17, 15) is 26.3 Å². The summed E-state index contributed by atoms with van der Waals surface area (Å²) in [5.74, 6) is 0. The molecular formula is C6H5F6N. The Morgan fingerprint density at radius 1 is 1.00 bits per heavy atom. The summed E-state index contributed by atoms with van der Waals surface area (Å²) >= 11 is 0. The molecule has 0 aromatic carbocycles. The Labute approximate surface area is 69.6 Å². The first-order valence-corrected chi connectivity index (χ1v) is 3.32. The Morgan fingerprint density at radius 3 is 1.69 bits per heavy atom. The third-order valence-corrected chi connectivity index (χ3v) is 1.38. The van der Waals surface area contributed by atoms with E-state index in [1.807, 2.05) is 0 Å². The summed E-state index contributed by atoms with van der Waals surface area (Å²) in [6.45, 7) is 0.0584. The van der Waals surface area contributed by atoms with Gasteiger partial charge in [-0.1, -0.05) is 0 Å². The van der Waals surface area contributed by atoms with E-state index in [1.165, 1.54) is 0 Å². The first-order chi connectivity index (χ1) is 5.70. The van der Waals surface area contributed by atoms with Gasteiger partial charge in [0.15, 0.2) is 0 Å². The van der Waals surface area contributed by atoms with Crippen LogP contribution < -0.4 is 0 Å². The number of alkyl halides is 6. The van der Waals surface area contributed by atoms with Crippen LogP contribution in [0.1, 0.15) is 0 Å². The standard InChI is InChI=1S/C6H5F6N/c7-5(8,9)3-4(6(10,11)12)13-1-2-13/h3H,1-2H2. The van der Waals surface area contributed by atoms with Crippen LogP contribution in [0.5, 0.6) is 0 Å². The van der Waals surface area contributed by atoms with E-state index in [4.69, 9.17) is 0 Å². The van der Waals surface area contributed by atoms with Crippen molar-refractivity contribution in [3.8, 4) is 0 Å². The maximum Gasteiger partial charge on any atom is 0.431 e. The Kier molecular flexibility index (Phi) is 2.21. The molecule has 1 heterocycles. The zero-order valence-electron chi connectivity index (χ0n) is 6.21. The maximum absolute atomic E-state index is 11.9. The molecule has 0 aromatic rings. The number of rotatable bonds is 1. The van der Waals surface area contributed by atoms with Crippen LogP contribution in [-0.2, 0) is 0 Å². The third-order valence-electron chi connectivity index (χ3n) is 1.38. The van der Waals surface area contributed by atoms with Crippen molar-refractivity contribution in [2.24, 2.45) is 0 Å². The first-order valence-electron chi connectivity index (χ1n) is 3.32. The second kappa shape index (κ2) is 2.81. The molecule has 1 aliphatic rings. The van der Waals surface area contributed by atoms with Gasteiger partial charge in [0, 0.05) is 19.2 Å². The molecule has 76 valence electrons. The molecule has 1 fully saturated rings. The summed E-state index contributed by atoms with van der Waals surface area (Å²) in [7, 11) is 0. The van der Waals surface area contributed by atoms with Crippen molar-refractivity contribution in [2.75, 3.05) is 13.1 Å². The van der Waals surface area contributed by atoms with Crippen LogP contribution in [0.15, 0.2) is 11.8 Å². The van der Waals surface area contributed by atoms with Gasteiger partial charge < -0.3 is 4.90 Å². The Balaban J connectivity index is 2.85. The van der Waals surface area contributed by atoms with Gasteiger partial charge in [-0.3, -0.25) is 0 Å². The summed E-state index contributed by atoms with van der Waals surface area (Å²) < 4.78 is 70.7. The van der Waals surface area contributed by atoms with E-state index in [-0.39, 0.29) is 13.1 Å². The molecule has 0 N–H and O–H groups in total. The number of hydrogen-bond donors (Lipinski definition) is 0. The zero-order valence-corrected chi connectivity index (χ0v) is 6.21. The minimum atomic E-state index is -4.92. The minimum Gasteiger partial charge on any atom is -0.364 e. The molecule has 0 unspecified atom stereocenters. The zero-order chi connectivity index (χ0) is 10.3. The smallest absolute Gasteiger partial charge is 0.364 e. The van der Waals surface area contributed by atoms with E-state index >= 15 is 0 Å². The van der Waals surface area contributed by atoms with Gasteiger partial charge in [0.05, 0.1) is 0 Å². The van der Waals surface area contributed by atoms with Crippen molar-refractivity contribution in [1.29, 1.82) is 0 Å². The second-order valence-electron chi connectivity index (χ2n) is 2.56. The van der Waals surface area contributed by atoms with Crippen molar-refractivity contribution < 1.29 is 26.3 Å². The molecule has 7 heteroatoms. The van der Waals surface area contributed by atoms with Crippen LogP contribution in [0.4, 0.5) is 26.3 Å². The molecule has 0 aliphatic carbocycles. The van der Waals surface area contributed by atoms with Gasteiger partial charge in [-0.15, -0.1) is 0 Å². The van der Waals surface area contributed by atoms with Gasteiger partial charge >= 0.3 is 12.4 Å². The van der Waals surface area contributed by atoms with Crippen LogP contribution >= 0.6 is 0 Å². The van der Waals surface area contributed by atoms with E-state index in [0.717, 1.165) is 0 Å². The normalized spacial score (nSPS) is 19.2. The third kappa shape index (κ3) is 3.16. The van der Waals surface area contributed by atoms with Crippen LogP contribution in [0.3, 0.4) is 0 Å². The van der Waals surface area contributed by atoms with E-state index < -0.39 is 24.1 Å². The highest BCUT2D eigenvalue weighted by molar-refractivity contribution is 5.14. The van der Waals surface area contributed by atoms with Gasteiger partial charge in [-0.05, 0) is 0 Å². The number of hydrogen-bond acceptors (Lipinski definition) is 1. The molecule has 0 atom stereocenters. The molecular weight excluding hydrogens is 200 g/mol. The molecule has 0 aromatic heterocycles.